The quantitative estimate of drug-likeness (QED) is 0.373. The molecule has 0 saturated carbocycles. The first-order valence-corrected chi connectivity index (χ1v) is 12.5. The lowest BCUT2D eigenvalue weighted by molar-refractivity contribution is -0.121. The fourth-order valence-electron chi connectivity index (χ4n) is 4.28. The van der Waals surface area contributed by atoms with E-state index < -0.39 is 0 Å². The van der Waals surface area contributed by atoms with E-state index in [1.54, 1.807) is 11.8 Å². The normalized spacial score (nSPS) is 14.3. The zero-order chi connectivity index (χ0) is 23.3. The van der Waals surface area contributed by atoms with Gasteiger partial charge in [0.25, 0.3) is 5.91 Å². The van der Waals surface area contributed by atoms with Crippen LogP contribution in [0, 0.1) is 5.92 Å². The molecule has 172 valence electrons. The van der Waals surface area contributed by atoms with Crippen molar-refractivity contribution in [3.05, 3.63) is 90.0 Å². The molecule has 6 nitrogen and oxygen atoms in total. The molecule has 0 atom stereocenters. The van der Waals surface area contributed by atoms with Gasteiger partial charge in [-0.05, 0) is 48.7 Å². The summed E-state index contributed by atoms with van der Waals surface area (Å²) in [6.07, 6.45) is 1.33. The van der Waals surface area contributed by atoms with Crippen LogP contribution in [0.3, 0.4) is 0 Å². The van der Waals surface area contributed by atoms with Crippen molar-refractivity contribution in [2.75, 3.05) is 18.4 Å². The molecule has 0 radical (unpaired) electrons. The second kappa shape index (κ2) is 10.1. The number of carbonyl (C=O) groups is 2. The number of hydrogen-bond donors (Lipinski definition) is 2. The molecular formula is C27H26N4O2S. The van der Waals surface area contributed by atoms with Crippen molar-refractivity contribution in [1.82, 2.24) is 14.9 Å². The van der Waals surface area contributed by atoms with Gasteiger partial charge in [-0.25, -0.2) is 4.98 Å². The topological polar surface area (TPSA) is 78.1 Å². The Morgan fingerprint density at radius 3 is 2.44 bits per heavy atom. The first kappa shape index (κ1) is 22.2. The van der Waals surface area contributed by atoms with Crippen molar-refractivity contribution in [2.45, 2.75) is 23.8 Å². The predicted molar refractivity (Wildman–Crippen MR) is 136 cm³/mol. The maximum atomic E-state index is 13.3. The summed E-state index contributed by atoms with van der Waals surface area (Å²) in [5, 5.41) is 3.83. The number of nitrogens with zero attached hydrogens (tertiary/aromatic N) is 2. The number of nitrogens with one attached hydrogen (secondary N) is 2. The molecule has 1 saturated heterocycles. The maximum Gasteiger partial charge on any atom is 0.254 e. The van der Waals surface area contributed by atoms with Crippen LogP contribution in [0.1, 0.15) is 28.8 Å². The summed E-state index contributed by atoms with van der Waals surface area (Å²) in [5.74, 6) is 0.629. The number of carbonyl (C=O) groups excluding carboxylic acids is 2. The minimum Gasteiger partial charge on any atom is -0.339 e. The fraction of sp³-hybridized carbons (Fsp3) is 0.222. The summed E-state index contributed by atoms with van der Waals surface area (Å²) in [7, 11) is 0. The van der Waals surface area contributed by atoms with Crippen LogP contribution >= 0.6 is 11.8 Å². The number of hydrogen-bond acceptors (Lipinski definition) is 4. The van der Waals surface area contributed by atoms with E-state index in [2.05, 4.69) is 15.3 Å². The van der Waals surface area contributed by atoms with Gasteiger partial charge in [0.15, 0.2) is 5.16 Å². The number of H-pyrrole nitrogens is 1. The lowest BCUT2D eigenvalue weighted by Crippen LogP contribution is -2.41. The lowest BCUT2D eigenvalue weighted by atomic mass is 9.95. The number of likely N-dealkylation sites (tertiary alicyclic amines) is 1. The van der Waals surface area contributed by atoms with Gasteiger partial charge in [0, 0.05) is 36.0 Å². The molecule has 7 heteroatoms. The van der Waals surface area contributed by atoms with Crippen LogP contribution in [-0.4, -0.2) is 39.8 Å². The third kappa shape index (κ3) is 4.99. The van der Waals surface area contributed by atoms with Gasteiger partial charge in [0.1, 0.15) is 0 Å². The smallest absolute Gasteiger partial charge is 0.254 e. The zero-order valence-electron chi connectivity index (χ0n) is 18.7. The minimum atomic E-state index is -0.0804. The Hall–Kier alpha value is -3.58. The molecule has 2 heterocycles. The summed E-state index contributed by atoms with van der Waals surface area (Å²) in [6.45, 7) is 1.16. The Morgan fingerprint density at radius 2 is 1.65 bits per heavy atom. The number of aromatic nitrogens is 2. The average Bonchev–Trinajstić information content (AvgIpc) is 3.31. The van der Waals surface area contributed by atoms with E-state index in [-0.39, 0.29) is 17.7 Å². The Labute approximate surface area is 202 Å². The molecule has 4 aromatic rings. The Kier molecular flexibility index (Phi) is 6.62. The van der Waals surface area contributed by atoms with Gasteiger partial charge in [0.2, 0.25) is 5.91 Å². The van der Waals surface area contributed by atoms with E-state index in [1.165, 1.54) is 0 Å². The fourth-order valence-corrected chi connectivity index (χ4v) is 5.17. The molecule has 5 rings (SSSR count). The number of rotatable bonds is 6. The molecule has 0 aliphatic carbocycles. The highest BCUT2D eigenvalue weighted by Crippen LogP contribution is 2.27. The number of thioether (sulfide) groups is 1. The van der Waals surface area contributed by atoms with Crippen molar-refractivity contribution in [3.63, 3.8) is 0 Å². The molecule has 1 aliphatic rings. The minimum absolute atomic E-state index is 0.0286. The van der Waals surface area contributed by atoms with E-state index in [0.717, 1.165) is 33.0 Å². The highest BCUT2D eigenvalue weighted by Gasteiger charge is 2.28. The number of benzene rings is 3. The average molecular weight is 471 g/mol. The van der Waals surface area contributed by atoms with Crippen molar-refractivity contribution in [3.8, 4) is 0 Å². The highest BCUT2D eigenvalue weighted by atomic mass is 32.2. The Balaban J connectivity index is 1.20. The third-order valence-corrected chi connectivity index (χ3v) is 7.10. The largest absolute Gasteiger partial charge is 0.339 e. The number of amides is 2. The molecule has 34 heavy (non-hydrogen) atoms. The van der Waals surface area contributed by atoms with Crippen molar-refractivity contribution in [1.29, 1.82) is 0 Å². The van der Waals surface area contributed by atoms with Gasteiger partial charge < -0.3 is 15.2 Å². The van der Waals surface area contributed by atoms with Crippen LogP contribution in [0.25, 0.3) is 11.0 Å². The van der Waals surface area contributed by atoms with Crippen LogP contribution in [0.4, 0.5) is 5.69 Å². The van der Waals surface area contributed by atoms with Crippen molar-refractivity contribution < 1.29 is 9.59 Å². The van der Waals surface area contributed by atoms with Gasteiger partial charge >= 0.3 is 0 Å². The number of para-hydroxylation sites is 3. The molecule has 1 fully saturated rings. The molecule has 0 spiro atoms. The van der Waals surface area contributed by atoms with E-state index in [9.17, 15) is 9.59 Å². The summed E-state index contributed by atoms with van der Waals surface area (Å²) in [4.78, 5) is 35.8. The maximum absolute atomic E-state index is 13.3. The molecule has 0 bridgehead atoms. The standard InChI is InChI=1S/C27H26N4O2S/c32-25(28-21-9-2-1-3-10-21)19-14-16-31(17-15-19)26(33)22-11-5-4-8-20(22)18-34-27-29-23-12-6-7-13-24(23)30-27/h1-13,19H,14-18H2,(H,28,32)(H,29,30). The lowest BCUT2D eigenvalue weighted by Gasteiger charge is -2.32. The van der Waals surface area contributed by atoms with Gasteiger partial charge in [-0.2, -0.15) is 0 Å². The van der Waals surface area contributed by atoms with Gasteiger partial charge in [-0.3, -0.25) is 9.59 Å². The molecule has 1 aromatic heterocycles. The van der Waals surface area contributed by atoms with Crippen LogP contribution in [-0.2, 0) is 10.5 Å². The molecule has 0 unspecified atom stereocenters. The number of imidazole rings is 1. The monoisotopic (exact) mass is 470 g/mol. The summed E-state index contributed by atoms with van der Waals surface area (Å²) < 4.78 is 0. The van der Waals surface area contributed by atoms with E-state index >= 15 is 0 Å². The van der Waals surface area contributed by atoms with Crippen LogP contribution in [0.2, 0.25) is 0 Å². The Morgan fingerprint density at radius 1 is 0.941 bits per heavy atom. The van der Waals surface area contributed by atoms with Crippen LogP contribution in [0.15, 0.2) is 84.0 Å². The molecule has 1 aliphatic heterocycles. The zero-order valence-corrected chi connectivity index (χ0v) is 19.6. The third-order valence-electron chi connectivity index (χ3n) is 6.17. The van der Waals surface area contributed by atoms with E-state index in [4.69, 9.17) is 0 Å². The van der Waals surface area contributed by atoms with E-state index in [1.807, 2.05) is 83.8 Å². The number of aromatic amines is 1. The predicted octanol–water partition coefficient (Wildman–Crippen LogP) is 5.35. The van der Waals surface area contributed by atoms with E-state index in [0.29, 0.717) is 31.7 Å². The van der Waals surface area contributed by atoms with Crippen LogP contribution < -0.4 is 5.32 Å². The summed E-state index contributed by atoms with van der Waals surface area (Å²) in [5.41, 5.74) is 4.46. The summed E-state index contributed by atoms with van der Waals surface area (Å²) >= 11 is 1.59. The van der Waals surface area contributed by atoms with Crippen LogP contribution in [0.5, 0.6) is 0 Å². The second-order valence-electron chi connectivity index (χ2n) is 8.43. The highest BCUT2D eigenvalue weighted by molar-refractivity contribution is 7.98. The first-order chi connectivity index (χ1) is 16.7. The molecular weight excluding hydrogens is 444 g/mol. The van der Waals surface area contributed by atoms with Gasteiger partial charge in [-0.15, -0.1) is 0 Å². The molecule has 2 amide bonds. The molecule has 2 N–H and O–H groups in total. The first-order valence-electron chi connectivity index (χ1n) is 11.5. The number of anilines is 1. The van der Waals surface area contributed by atoms with Gasteiger partial charge in [-0.1, -0.05) is 60.3 Å². The number of fused-ring (bicyclic) bond motifs is 1. The van der Waals surface area contributed by atoms with Gasteiger partial charge in [0.05, 0.1) is 11.0 Å². The Bertz CT molecular complexity index is 1260. The SMILES string of the molecule is O=C(Nc1ccccc1)C1CCN(C(=O)c2ccccc2CSc2nc3ccccc3[nH]2)CC1. The molecule has 3 aromatic carbocycles. The second-order valence-corrected chi connectivity index (χ2v) is 9.39. The van der Waals surface area contributed by atoms with Crippen molar-refractivity contribution in [2.24, 2.45) is 5.92 Å². The number of piperidine rings is 1. The van der Waals surface area contributed by atoms with Crippen molar-refractivity contribution >= 4 is 40.3 Å². The summed E-state index contributed by atoms with van der Waals surface area (Å²) in [6, 6.07) is 25.2.